The predicted molar refractivity (Wildman–Crippen MR) is 62.2 cm³/mol. The highest BCUT2D eigenvalue weighted by Crippen LogP contribution is 2.23. The quantitative estimate of drug-likeness (QED) is 0.688. The van der Waals surface area contributed by atoms with E-state index in [0.29, 0.717) is 0 Å². The van der Waals surface area contributed by atoms with E-state index in [1.165, 1.54) is 0 Å². The molecule has 74 valence electrons. The minimum atomic E-state index is 0.812. The summed E-state index contributed by atoms with van der Waals surface area (Å²) in [6, 6.07) is 2.00. The molecule has 3 rings (SSSR count). The van der Waals surface area contributed by atoms with Crippen molar-refractivity contribution in [2.45, 2.75) is 0 Å². The molecule has 3 aromatic rings. The molecule has 0 atom stereocenters. The lowest BCUT2D eigenvalue weighted by Crippen LogP contribution is -1.98. The number of nitrogens with zero attached hydrogens (tertiary/aromatic N) is 4. The van der Waals surface area contributed by atoms with Crippen LogP contribution in [-0.2, 0) is 0 Å². The molecule has 0 aliphatic carbocycles. The molecule has 0 saturated carbocycles. The summed E-state index contributed by atoms with van der Waals surface area (Å²) >= 11 is 4.96. The maximum absolute atomic E-state index is 4.24. The lowest BCUT2D eigenvalue weighted by Gasteiger charge is -2.00. The van der Waals surface area contributed by atoms with E-state index in [-0.39, 0.29) is 0 Å². The van der Waals surface area contributed by atoms with Crippen molar-refractivity contribution in [3.63, 3.8) is 0 Å². The lowest BCUT2D eigenvalue weighted by molar-refractivity contribution is 0.851. The predicted octanol–water partition coefficient (Wildman–Crippen LogP) is 2.64. The first-order valence-corrected chi connectivity index (χ1v) is 5.90. The number of hydrogen-bond acceptors (Lipinski definition) is 4. The Labute approximate surface area is 97.7 Å². The fraction of sp³-hybridized carbons (Fsp3) is 0. The molecule has 6 heteroatoms. The third-order valence-corrected chi connectivity index (χ3v) is 3.24. The van der Waals surface area contributed by atoms with Crippen LogP contribution in [0.1, 0.15) is 0 Å². The first-order valence-electron chi connectivity index (χ1n) is 4.23. The van der Waals surface area contributed by atoms with Gasteiger partial charge in [0.25, 0.3) is 0 Å². The topological polar surface area (TPSA) is 43.6 Å². The molecule has 0 fully saturated rings. The summed E-state index contributed by atoms with van der Waals surface area (Å²) in [6.45, 7) is 0. The molecule has 0 aromatic carbocycles. The zero-order valence-electron chi connectivity index (χ0n) is 7.46. The summed E-state index contributed by atoms with van der Waals surface area (Å²) in [7, 11) is 0. The van der Waals surface area contributed by atoms with Crippen LogP contribution in [0.4, 0.5) is 0 Å². The first-order chi connectivity index (χ1) is 7.34. The van der Waals surface area contributed by atoms with Crippen LogP contribution in [0.2, 0.25) is 0 Å². The number of rotatable bonds is 1. The normalized spacial score (nSPS) is 11.0. The van der Waals surface area contributed by atoms with E-state index in [0.717, 1.165) is 20.5 Å². The number of halogens is 1. The summed E-state index contributed by atoms with van der Waals surface area (Å²) in [5.41, 5.74) is 0. The van der Waals surface area contributed by atoms with E-state index >= 15 is 0 Å². The van der Waals surface area contributed by atoms with Crippen molar-refractivity contribution in [3.8, 4) is 5.82 Å². The van der Waals surface area contributed by atoms with E-state index < -0.39 is 0 Å². The Hall–Kier alpha value is -1.27. The van der Waals surface area contributed by atoms with Gasteiger partial charge in [0.05, 0.1) is 16.1 Å². The van der Waals surface area contributed by atoms with Gasteiger partial charge in [-0.2, -0.15) is 5.10 Å². The third kappa shape index (κ3) is 1.46. The van der Waals surface area contributed by atoms with E-state index in [9.17, 15) is 0 Å². The number of aromatic nitrogens is 4. The fourth-order valence-corrected chi connectivity index (χ4v) is 2.39. The fourth-order valence-electron chi connectivity index (χ4n) is 1.38. The molecule has 3 aromatic heterocycles. The highest BCUT2D eigenvalue weighted by atomic mass is 79.9. The number of thiophene rings is 1. The van der Waals surface area contributed by atoms with Crippen molar-refractivity contribution in [2.24, 2.45) is 0 Å². The molecule has 0 aliphatic rings. The molecule has 0 bridgehead atoms. The SMILES string of the molecule is Brc1cnn(-c2ncnc3sccc23)c1. The zero-order valence-corrected chi connectivity index (χ0v) is 9.86. The van der Waals surface area contributed by atoms with Gasteiger partial charge in [-0.3, -0.25) is 0 Å². The summed E-state index contributed by atoms with van der Waals surface area (Å²) in [5, 5.41) is 7.23. The largest absolute Gasteiger partial charge is 0.225 e. The second kappa shape index (κ2) is 3.39. The maximum Gasteiger partial charge on any atom is 0.165 e. The Morgan fingerprint density at radius 2 is 2.27 bits per heavy atom. The molecule has 0 unspecified atom stereocenters. The van der Waals surface area contributed by atoms with Gasteiger partial charge in [-0.1, -0.05) is 0 Å². The summed E-state index contributed by atoms with van der Waals surface area (Å²) in [6.07, 6.45) is 5.17. The monoisotopic (exact) mass is 280 g/mol. The summed E-state index contributed by atoms with van der Waals surface area (Å²) in [5.74, 6) is 0.812. The minimum absolute atomic E-state index is 0.812. The van der Waals surface area contributed by atoms with Crippen molar-refractivity contribution in [1.29, 1.82) is 0 Å². The van der Waals surface area contributed by atoms with Gasteiger partial charge in [0.1, 0.15) is 11.2 Å². The van der Waals surface area contributed by atoms with Gasteiger partial charge >= 0.3 is 0 Å². The average Bonchev–Trinajstić information content (AvgIpc) is 2.84. The van der Waals surface area contributed by atoms with Gasteiger partial charge in [-0.25, -0.2) is 14.6 Å². The molecule has 0 aliphatic heterocycles. The average molecular weight is 281 g/mol. The number of fused-ring (bicyclic) bond motifs is 1. The van der Waals surface area contributed by atoms with E-state index in [2.05, 4.69) is 31.0 Å². The van der Waals surface area contributed by atoms with Crippen LogP contribution in [0.3, 0.4) is 0 Å². The van der Waals surface area contributed by atoms with Gasteiger partial charge in [0.2, 0.25) is 0 Å². The van der Waals surface area contributed by atoms with E-state index in [4.69, 9.17) is 0 Å². The van der Waals surface area contributed by atoms with Gasteiger partial charge in [0.15, 0.2) is 5.82 Å². The van der Waals surface area contributed by atoms with Gasteiger partial charge < -0.3 is 0 Å². The molecule has 4 nitrogen and oxygen atoms in total. The highest BCUT2D eigenvalue weighted by molar-refractivity contribution is 9.10. The van der Waals surface area contributed by atoms with Crippen molar-refractivity contribution in [2.75, 3.05) is 0 Å². The first kappa shape index (κ1) is 8.99. The highest BCUT2D eigenvalue weighted by Gasteiger charge is 2.07. The van der Waals surface area contributed by atoms with Gasteiger partial charge in [0, 0.05) is 6.20 Å². The maximum atomic E-state index is 4.24. The van der Waals surface area contributed by atoms with Crippen molar-refractivity contribution < 1.29 is 0 Å². The molecule has 15 heavy (non-hydrogen) atoms. The molecular weight excluding hydrogens is 276 g/mol. The van der Waals surface area contributed by atoms with Crippen LogP contribution in [0.15, 0.2) is 34.6 Å². The number of hydrogen-bond donors (Lipinski definition) is 0. The van der Waals surface area contributed by atoms with Crippen LogP contribution in [0.5, 0.6) is 0 Å². The molecule has 0 N–H and O–H groups in total. The smallest absolute Gasteiger partial charge is 0.165 e. The van der Waals surface area contributed by atoms with E-state index in [1.807, 2.05) is 17.6 Å². The lowest BCUT2D eigenvalue weighted by atomic mass is 10.4. The van der Waals surface area contributed by atoms with Crippen LogP contribution >= 0.6 is 27.3 Å². The molecular formula is C9H5BrN4S. The van der Waals surface area contributed by atoms with Crippen LogP contribution in [0, 0.1) is 0 Å². The Bertz CT molecular complexity index is 615. The molecule has 0 saturated heterocycles. The second-order valence-corrected chi connectivity index (χ2v) is 4.75. The Balaban J connectivity index is 2.30. The Morgan fingerprint density at radius 3 is 3.07 bits per heavy atom. The van der Waals surface area contributed by atoms with Crippen molar-refractivity contribution in [3.05, 3.63) is 34.6 Å². The van der Waals surface area contributed by atoms with Crippen LogP contribution < -0.4 is 0 Å². The van der Waals surface area contributed by atoms with Crippen LogP contribution in [0.25, 0.3) is 16.0 Å². The van der Waals surface area contributed by atoms with Crippen molar-refractivity contribution in [1.82, 2.24) is 19.7 Å². The minimum Gasteiger partial charge on any atom is -0.225 e. The van der Waals surface area contributed by atoms with Crippen LogP contribution in [-0.4, -0.2) is 19.7 Å². The van der Waals surface area contributed by atoms with Crippen molar-refractivity contribution >= 4 is 37.5 Å². The molecule has 3 heterocycles. The third-order valence-electron chi connectivity index (χ3n) is 2.01. The molecule has 0 radical (unpaired) electrons. The van der Waals surface area contributed by atoms with Gasteiger partial charge in [-0.05, 0) is 27.4 Å². The molecule has 0 spiro atoms. The van der Waals surface area contributed by atoms with Gasteiger partial charge in [-0.15, -0.1) is 11.3 Å². The summed E-state index contributed by atoms with van der Waals surface area (Å²) < 4.78 is 2.67. The van der Waals surface area contributed by atoms with E-state index in [1.54, 1.807) is 28.5 Å². The second-order valence-electron chi connectivity index (χ2n) is 2.94. The Morgan fingerprint density at radius 1 is 1.33 bits per heavy atom. The zero-order chi connectivity index (χ0) is 10.3. The molecule has 0 amide bonds. The Kier molecular flexibility index (Phi) is 2.03. The standard InChI is InChI=1S/C9H5BrN4S/c10-6-3-13-14(4-6)8-7-1-2-15-9(7)12-5-11-8/h1-5H. The summed E-state index contributed by atoms with van der Waals surface area (Å²) in [4.78, 5) is 9.40.